The lowest BCUT2D eigenvalue weighted by molar-refractivity contribution is -0.384. The number of carbonyl (C=O) groups excluding carboxylic acids is 1. The maximum Gasteiger partial charge on any atom is 0.277 e. The lowest BCUT2D eigenvalue weighted by atomic mass is 10.2. The van der Waals surface area contributed by atoms with Crippen molar-refractivity contribution in [3.63, 3.8) is 0 Å². The van der Waals surface area contributed by atoms with Crippen LogP contribution in [-0.2, 0) is 4.79 Å². The molecular weight excluding hydrogens is 412 g/mol. The standard InChI is InChI=1S/C18H14N6O5S/c1-28-14-8-10(24(26)27)6-7-13(14)19-15(25)9-30-18-23-22-17(29-18)16-11-4-2-3-5-12(11)20-21-16/h2-8H,9H2,1H3,(H,19,25)(H,20,21). The van der Waals surface area contributed by atoms with E-state index < -0.39 is 4.92 Å². The first-order valence-electron chi connectivity index (χ1n) is 8.57. The average molecular weight is 426 g/mol. The molecule has 2 aromatic heterocycles. The number of nitrogens with one attached hydrogen (secondary N) is 2. The van der Waals surface area contributed by atoms with Gasteiger partial charge in [0.15, 0.2) is 5.69 Å². The molecule has 0 atom stereocenters. The summed E-state index contributed by atoms with van der Waals surface area (Å²) in [4.78, 5) is 22.6. The van der Waals surface area contributed by atoms with Crippen LogP contribution >= 0.6 is 11.8 Å². The van der Waals surface area contributed by atoms with E-state index in [1.54, 1.807) is 0 Å². The number of aromatic nitrogens is 4. The number of aromatic amines is 1. The van der Waals surface area contributed by atoms with Gasteiger partial charge in [-0.25, -0.2) is 0 Å². The smallest absolute Gasteiger partial charge is 0.277 e. The zero-order valence-corrected chi connectivity index (χ0v) is 16.3. The average Bonchev–Trinajstić information content (AvgIpc) is 3.39. The first kappa shape index (κ1) is 19.4. The number of benzene rings is 2. The summed E-state index contributed by atoms with van der Waals surface area (Å²) in [5, 5.41) is 29.6. The Labute approximate surface area is 173 Å². The van der Waals surface area contributed by atoms with Crippen LogP contribution in [0.3, 0.4) is 0 Å². The summed E-state index contributed by atoms with van der Waals surface area (Å²) in [6, 6.07) is 11.5. The van der Waals surface area contributed by atoms with Gasteiger partial charge in [-0.3, -0.25) is 20.0 Å². The molecule has 0 aliphatic rings. The number of nitrogens with zero attached hydrogens (tertiary/aromatic N) is 4. The van der Waals surface area contributed by atoms with Crippen molar-refractivity contribution >= 4 is 39.9 Å². The first-order valence-corrected chi connectivity index (χ1v) is 9.56. The van der Waals surface area contributed by atoms with Crippen LogP contribution in [0.4, 0.5) is 11.4 Å². The van der Waals surface area contributed by atoms with Gasteiger partial charge in [0.1, 0.15) is 5.75 Å². The molecule has 152 valence electrons. The minimum absolute atomic E-state index is 0.0108. The van der Waals surface area contributed by atoms with Crippen molar-refractivity contribution in [1.82, 2.24) is 20.4 Å². The van der Waals surface area contributed by atoms with Crippen LogP contribution in [0.15, 0.2) is 52.1 Å². The van der Waals surface area contributed by atoms with Gasteiger partial charge in [0.05, 0.1) is 35.1 Å². The molecule has 4 aromatic rings. The molecule has 12 heteroatoms. The van der Waals surface area contributed by atoms with Crippen LogP contribution in [0.2, 0.25) is 0 Å². The third-order valence-electron chi connectivity index (χ3n) is 4.08. The number of nitro groups is 1. The molecule has 0 bridgehead atoms. The highest BCUT2D eigenvalue weighted by atomic mass is 32.2. The van der Waals surface area contributed by atoms with Crippen LogP contribution in [0.25, 0.3) is 22.5 Å². The Bertz CT molecular complexity index is 1240. The number of hydrogen-bond donors (Lipinski definition) is 2. The number of anilines is 1. The van der Waals surface area contributed by atoms with E-state index >= 15 is 0 Å². The van der Waals surface area contributed by atoms with Gasteiger partial charge in [0, 0.05) is 11.5 Å². The SMILES string of the molecule is COc1cc([N+](=O)[O-])ccc1NC(=O)CSc1nnc(-c2n[nH]c3ccccc23)o1. The van der Waals surface area contributed by atoms with Gasteiger partial charge in [-0.15, -0.1) is 10.2 Å². The fraction of sp³-hybridized carbons (Fsp3) is 0.111. The Kier molecular flexibility index (Phi) is 5.30. The second-order valence-electron chi connectivity index (χ2n) is 5.97. The summed E-state index contributed by atoms with van der Waals surface area (Å²) >= 11 is 1.05. The lowest BCUT2D eigenvalue weighted by Crippen LogP contribution is -2.14. The van der Waals surface area contributed by atoms with Crippen LogP contribution in [-0.4, -0.2) is 44.1 Å². The van der Waals surface area contributed by atoms with Gasteiger partial charge < -0.3 is 14.5 Å². The second-order valence-corrected chi connectivity index (χ2v) is 6.90. The van der Waals surface area contributed by atoms with Crippen LogP contribution in [0.1, 0.15) is 0 Å². The highest BCUT2D eigenvalue weighted by Crippen LogP contribution is 2.30. The van der Waals surface area contributed by atoms with Gasteiger partial charge in [-0.05, 0) is 12.1 Å². The molecule has 30 heavy (non-hydrogen) atoms. The Morgan fingerprint density at radius 3 is 2.93 bits per heavy atom. The largest absolute Gasteiger partial charge is 0.494 e. The van der Waals surface area contributed by atoms with E-state index in [1.165, 1.54) is 25.3 Å². The van der Waals surface area contributed by atoms with E-state index in [2.05, 4.69) is 25.7 Å². The van der Waals surface area contributed by atoms with E-state index in [0.717, 1.165) is 22.7 Å². The van der Waals surface area contributed by atoms with E-state index in [4.69, 9.17) is 9.15 Å². The molecule has 0 fully saturated rings. The lowest BCUT2D eigenvalue weighted by Gasteiger charge is -2.09. The number of carbonyl (C=O) groups is 1. The number of amides is 1. The highest BCUT2D eigenvalue weighted by Gasteiger charge is 2.17. The van der Waals surface area contributed by atoms with Crippen LogP contribution < -0.4 is 10.1 Å². The van der Waals surface area contributed by atoms with Crippen molar-refractivity contribution in [2.24, 2.45) is 0 Å². The molecule has 0 saturated heterocycles. The predicted molar refractivity (Wildman–Crippen MR) is 108 cm³/mol. The number of hydrogen-bond acceptors (Lipinski definition) is 9. The third-order valence-corrected chi connectivity index (χ3v) is 4.89. The van der Waals surface area contributed by atoms with Crippen molar-refractivity contribution in [3.05, 3.63) is 52.6 Å². The number of rotatable bonds is 7. The molecule has 11 nitrogen and oxygen atoms in total. The molecule has 1 amide bonds. The number of methoxy groups -OCH3 is 1. The molecule has 2 aromatic carbocycles. The normalized spacial score (nSPS) is 10.8. The van der Waals surface area contributed by atoms with Gasteiger partial charge in [-0.1, -0.05) is 30.0 Å². The number of non-ortho nitro benzene ring substituents is 1. The maximum absolute atomic E-state index is 12.3. The van der Waals surface area contributed by atoms with Gasteiger partial charge in [-0.2, -0.15) is 5.10 Å². The van der Waals surface area contributed by atoms with Crippen molar-refractivity contribution in [2.45, 2.75) is 5.22 Å². The van der Waals surface area contributed by atoms with E-state index in [0.29, 0.717) is 11.4 Å². The van der Waals surface area contributed by atoms with Gasteiger partial charge >= 0.3 is 0 Å². The molecule has 0 spiro atoms. The zero-order valence-electron chi connectivity index (χ0n) is 15.5. The number of nitro benzene ring substituents is 1. The number of fused-ring (bicyclic) bond motifs is 1. The predicted octanol–water partition coefficient (Wildman–Crippen LogP) is 3.26. The zero-order chi connectivity index (χ0) is 21.1. The molecular formula is C18H14N6O5S. The van der Waals surface area contributed by atoms with Crippen LogP contribution in [0, 0.1) is 10.1 Å². The molecule has 0 radical (unpaired) electrons. The minimum Gasteiger partial charge on any atom is -0.494 e. The fourth-order valence-corrected chi connectivity index (χ4v) is 3.26. The Morgan fingerprint density at radius 2 is 2.13 bits per heavy atom. The highest BCUT2D eigenvalue weighted by molar-refractivity contribution is 7.99. The molecule has 0 saturated carbocycles. The summed E-state index contributed by atoms with van der Waals surface area (Å²) < 4.78 is 10.7. The molecule has 0 unspecified atom stereocenters. The molecule has 0 aliphatic heterocycles. The Morgan fingerprint density at radius 1 is 1.30 bits per heavy atom. The van der Waals surface area contributed by atoms with Crippen molar-refractivity contribution < 1.29 is 18.9 Å². The monoisotopic (exact) mass is 426 g/mol. The molecule has 4 rings (SSSR count). The topological polar surface area (TPSA) is 149 Å². The summed E-state index contributed by atoms with van der Waals surface area (Å²) in [7, 11) is 1.36. The van der Waals surface area contributed by atoms with Gasteiger partial charge in [0.25, 0.3) is 16.8 Å². The van der Waals surface area contributed by atoms with Gasteiger partial charge in [0.2, 0.25) is 5.91 Å². The summed E-state index contributed by atoms with van der Waals surface area (Å²) in [6.45, 7) is 0. The molecule has 0 aliphatic carbocycles. The first-order chi connectivity index (χ1) is 14.5. The number of thioether (sulfide) groups is 1. The van der Waals surface area contributed by atoms with E-state index in [-0.39, 0.29) is 34.2 Å². The molecule has 2 heterocycles. The molecule has 2 N–H and O–H groups in total. The van der Waals surface area contributed by atoms with E-state index in [9.17, 15) is 14.9 Å². The van der Waals surface area contributed by atoms with Crippen molar-refractivity contribution in [3.8, 4) is 17.3 Å². The summed E-state index contributed by atoms with van der Waals surface area (Å²) in [5.74, 6) is 0.0564. The van der Waals surface area contributed by atoms with E-state index in [1.807, 2.05) is 24.3 Å². The van der Waals surface area contributed by atoms with Crippen molar-refractivity contribution in [1.29, 1.82) is 0 Å². The summed E-state index contributed by atoms with van der Waals surface area (Å²) in [6.07, 6.45) is 0. The number of para-hydroxylation sites is 1. The minimum atomic E-state index is -0.542. The van der Waals surface area contributed by atoms with Crippen molar-refractivity contribution in [2.75, 3.05) is 18.2 Å². The number of ether oxygens (including phenoxy) is 1. The Hall–Kier alpha value is -3.93. The quantitative estimate of drug-likeness (QED) is 0.258. The summed E-state index contributed by atoms with van der Waals surface area (Å²) in [5.41, 5.74) is 1.56. The second kappa shape index (κ2) is 8.21. The van der Waals surface area contributed by atoms with Crippen LogP contribution in [0.5, 0.6) is 5.75 Å². The third kappa shape index (κ3) is 3.93. The maximum atomic E-state index is 12.3. The number of H-pyrrole nitrogens is 1. The Balaban J connectivity index is 1.41. The fourth-order valence-electron chi connectivity index (χ4n) is 2.70.